The lowest BCUT2D eigenvalue weighted by atomic mass is 10.1. The molecule has 1 fully saturated rings. The summed E-state index contributed by atoms with van der Waals surface area (Å²) >= 11 is 3.45. The minimum absolute atomic E-state index is 0.0687. The lowest BCUT2D eigenvalue weighted by molar-refractivity contribution is 0.0594. The van der Waals surface area contributed by atoms with Crippen molar-refractivity contribution in [1.29, 1.82) is 0 Å². The number of methoxy groups -OCH3 is 1. The highest BCUT2D eigenvalue weighted by molar-refractivity contribution is 9.10. The number of piperazine rings is 1. The Morgan fingerprint density at radius 2 is 1.90 bits per heavy atom. The van der Waals surface area contributed by atoms with Crippen LogP contribution < -0.4 is 4.74 Å². The Hall–Kier alpha value is -1.07. The van der Waals surface area contributed by atoms with E-state index < -0.39 is 0 Å². The van der Waals surface area contributed by atoms with E-state index in [4.69, 9.17) is 4.74 Å². The van der Waals surface area contributed by atoms with Crippen LogP contribution in [0.15, 0.2) is 22.7 Å². The Kier molecular flexibility index (Phi) is 5.05. The number of halogens is 1. The number of carbonyl (C=O) groups is 1. The maximum atomic E-state index is 12.6. The number of carbonyl (C=O) groups excluding carboxylic acids is 1. The van der Waals surface area contributed by atoms with E-state index in [1.54, 1.807) is 13.2 Å². The zero-order valence-electron chi connectivity index (χ0n) is 12.2. The van der Waals surface area contributed by atoms with Gasteiger partial charge in [0.1, 0.15) is 5.75 Å². The van der Waals surface area contributed by atoms with Crippen molar-refractivity contribution in [1.82, 2.24) is 9.80 Å². The molecule has 0 atom stereocenters. The first-order valence-corrected chi connectivity index (χ1v) is 7.69. The van der Waals surface area contributed by atoms with Crippen molar-refractivity contribution < 1.29 is 9.53 Å². The average Bonchev–Trinajstić information content (AvgIpc) is 2.47. The van der Waals surface area contributed by atoms with E-state index in [1.165, 1.54) is 0 Å². The molecule has 1 aromatic rings. The Bertz CT molecular complexity index is 483. The number of hydrogen-bond donors (Lipinski definition) is 0. The fraction of sp³-hybridized carbons (Fsp3) is 0.533. The quantitative estimate of drug-likeness (QED) is 0.847. The monoisotopic (exact) mass is 340 g/mol. The molecule has 20 heavy (non-hydrogen) atoms. The van der Waals surface area contributed by atoms with Crippen molar-refractivity contribution >= 4 is 21.8 Å². The Balaban J connectivity index is 2.09. The third-order valence-corrected chi connectivity index (χ3v) is 4.43. The maximum absolute atomic E-state index is 12.6. The highest BCUT2D eigenvalue weighted by Crippen LogP contribution is 2.24. The SMILES string of the molecule is COc1ccc(Br)c(C(=O)N2CCN(C(C)C)CC2)c1. The summed E-state index contributed by atoms with van der Waals surface area (Å²) in [7, 11) is 1.61. The van der Waals surface area contributed by atoms with Crippen molar-refractivity contribution in [3.63, 3.8) is 0 Å². The normalized spacial score (nSPS) is 16.6. The first kappa shape index (κ1) is 15.3. The molecule has 0 aromatic heterocycles. The average molecular weight is 341 g/mol. The van der Waals surface area contributed by atoms with E-state index in [0.29, 0.717) is 17.4 Å². The summed E-state index contributed by atoms with van der Waals surface area (Å²) in [6, 6.07) is 6.03. The lowest BCUT2D eigenvalue weighted by Gasteiger charge is -2.37. The molecule has 1 aromatic carbocycles. The smallest absolute Gasteiger partial charge is 0.255 e. The minimum Gasteiger partial charge on any atom is -0.497 e. The summed E-state index contributed by atoms with van der Waals surface area (Å²) < 4.78 is 6.01. The first-order chi connectivity index (χ1) is 9.52. The molecule has 1 heterocycles. The fourth-order valence-electron chi connectivity index (χ4n) is 2.41. The van der Waals surface area contributed by atoms with Gasteiger partial charge in [-0.15, -0.1) is 0 Å². The van der Waals surface area contributed by atoms with E-state index in [2.05, 4.69) is 34.7 Å². The molecule has 110 valence electrons. The van der Waals surface area contributed by atoms with Crippen molar-refractivity contribution in [2.24, 2.45) is 0 Å². The molecule has 0 bridgehead atoms. The standard InChI is InChI=1S/C15H21BrN2O2/c1-11(2)17-6-8-18(9-7-17)15(19)13-10-12(20-3)4-5-14(13)16/h4-5,10-11H,6-9H2,1-3H3. The Labute approximate surface area is 128 Å². The van der Waals surface area contributed by atoms with Gasteiger partial charge in [0.2, 0.25) is 0 Å². The van der Waals surface area contributed by atoms with Crippen LogP contribution in [0.5, 0.6) is 5.75 Å². The summed E-state index contributed by atoms with van der Waals surface area (Å²) in [4.78, 5) is 16.9. The van der Waals surface area contributed by atoms with E-state index in [0.717, 1.165) is 30.7 Å². The van der Waals surface area contributed by atoms with Gasteiger partial charge in [-0.25, -0.2) is 0 Å². The number of benzene rings is 1. The number of rotatable bonds is 3. The van der Waals surface area contributed by atoms with Crippen molar-refractivity contribution in [3.8, 4) is 5.75 Å². The molecule has 0 spiro atoms. The molecule has 5 heteroatoms. The second-order valence-electron chi connectivity index (χ2n) is 5.27. The van der Waals surface area contributed by atoms with Crippen LogP contribution in [-0.2, 0) is 0 Å². The van der Waals surface area contributed by atoms with Gasteiger partial charge >= 0.3 is 0 Å². The van der Waals surface area contributed by atoms with E-state index in [9.17, 15) is 4.79 Å². The Morgan fingerprint density at radius 3 is 2.45 bits per heavy atom. The van der Waals surface area contributed by atoms with Gasteiger partial charge in [-0.1, -0.05) is 0 Å². The fourth-order valence-corrected chi connectivity index (χ4v) is 2.82. The van der Waals surface area contributed by atoms with Crippen molar-refractivity contribution in [2.75, 3.05) is 33.3 Å². The zero-order chi connectivity index (χ0) is 14.7. The van der Waals surface area contributed by atoms with E-state index >= 15 is 0 Å². The van der Waals surface area contributed by atoms with Crippen LogP contribution in [0.3, 0.4) is 0 Å². The summed E-state index contributed by atoms with van der Waals surface area (Å²) in [6.07, 6.45) is 0. The van der Waals surface area contributed by atoms with Gasteiger partial charge in [0.15, 0.2) is 0 Å². The molecule has 4 nitrogen and oxygen atoms in total. The third-order valence-electron chi connectivity index (χ3n) is 3.74. The molecule has 1 aliphatic rings. The summed E-state index contributed by atoms with van der Waals surface area (Å²) in [5.41, 5.74) is 0.669. The van der Waals surface area contributed by atoms with Gasteiger partial charge in [-0.05, 0) is 48.0 Å². The molecule has 0 radical (unpaired) electrons. The lowest BCUT2D eigenvalue weighted by Crippen LogP contribution is -2.50. The maximum Gasteiger partial charge on any atom is 0.255 e. The highest BCUT2D eigenvalue weighted by atomic mass is 79.9. The molecule has 1 saturated heterocycles. The Morgan fingerprint density at radius 1 is 1.25 bits per heavy atom. The largest absolute Gasteiger partial charge is 0.497 e. The second-order valence-corrected chi connectivity index (χ2v) is 6.12. The molecule has 1 amide bonds. The van der Waals surface area contributed by atoms with Crippen molar-refractivity contribution in [3.05, 3.63) is 28.2 Å². The zero-order valence-corrected chi connectivity index (χ0v) is 13.8. The van der Waals surface area contributed by atoms with Crippen LogP contribution in [0.25, 0.3) is 0 Å². The van der Waals surface area contributed by atoms with Gasteiger partial charge in [0.25, 0.3) is 5.91 Å². The van der Waals surface area contributed by atoms with Crippen LogP contribution in [0.1, 0.15) is 24.2 Å². The van der Waals surface area contributed by atoms with Gasteiger partial charge in [-0.3, -0.25) is 9.69 Å². The molecule has 2 rings (SSSR count). The van der Waals surface area contributed by atoms with Crippen molar-refractivity contribution in [2.45, 2.75) is 19.9 Å². The van der Waals surface area contributed by atoms with Crippen LogP contribution >= 0.6 is 15.9 Å². The number of amides is 1. The number of ether oxygens (including phenoxy) is 1. The molecule has 0 saturated carbocycles. The second kappa shape index (κ2) is 6.59. The number of nitrogens with zero attached hydrogens (tertiary/aromatic N) is 2. The van der Waals surface area contributed by atoms with E-state index in [-0.39, 0.29) is 5.91 Å². The van der Waals surface area contributed by atoms with Gasteiger partial charge in [0.05, 0.1) is 12.7 Å². The van der Waals surface area contributed by atoms with Crippen LogP contribution in [0.4, 0.5) is 0 Å². The number of hydrogen-bond acceptors (Lipinski definition) is 3. The van der Waals surface area contributed by atoms with Crippen LogP contribution in [-0.4, -0.2) is 55.0 Å². The topological polar surface area (TPSA) is 32.8 Å². The molecule has 0 aliphatic carbocycles. The van der Waals surface area contributed by atoms with Gasteiger partial charge in [-0.2, -0.15) is 0 Å². The summed E-state index contributed by atoms with van der Waals surface area (Å²) in [5.74, 6) is 0.775. The molecular weight excluding hydrogens is 320 g/mol. The van der Waals surface area contributed by atoms with Crippen LogP contribution in [0, 0.1) is 0 Å². The highest BCUT2D eigenvalue weighted by Gasteiger charge is 2.24. The van der Waals surface area contributed by atoms with Gasteiger partial charge < -0.3 is 9.64 Å². The summed E-state index contributed by atoms with van der Waals surface area (Å²) in [5, 5.41) is 0. The minimum atomic E-state index is 0.0687. The summed E-state index contributed by atoms with van der Waals surface area (Å²) in [6.45, 7) is 7.81. The molecule has 1 aliphatic heterocycles. The molecular formula is C15H21BrN2O2. The third kappa shape index (κ3) is 3.33. The molecule has 0 unspecified atom stereocenters. The molecule has 0 N–H and O–H groups in total. The predicted molar refractivity (Wildman–Crippen MR) is 83.3 cm³/mol. The van der Waals surface area contributed by atoms with Crippen LogP contribution in [0.2, 0.25) is 0 Å². The van der Waals surface area contributed by atoms with E-state index in [1.807, 2.05) is 17.0 Å². The predicted octanol–water partition coefficient (Wildman–Crippen LogP) is 2.62. The first-order valence-electron chi connectivity index (χ1n) is 6.89. The van der Waals surface area contributed by atoms with Gasteiger partial charge in [0, 0.05) is 36.7 Å².